The average Bonchev–Trinajstić information content (AvgIpc) is 3.34. The highest BCUT2D eigenvalue weighted by Gasteiger charge is 2.12. The van der Waals surface area contributed by atoms with Gasteiger partial charge >= 0.3 is 0 Å². The van der Waals surface area contributed by atoms with Gasteiger partial charge in [0.05, 0.1) is 13.2 Å². The second kappa shape index (κ2) is 9.71. The number of hydrogen-bond acceptors (Lipinski definition) is 4. The number of thiophene rings is 2. The molecule has 0 saturated carbocycles. The van der Waals surface area contributed by atoms with Crippen LogP contribution in [0, 0.1) is 0 Å². The van der Waals surface area contributed by atoms with Crippen molar-refractivity contribution in [2.24, 2.45) is 0 Å². The van der Waals surface area contributed by atoms with Crippen molar-refractivity contribution >= 4 is 45.7 Å². The Morgan fingerprint density at radius 2 is 1.73 bits per heavy atom. The van der Waals surface area contributed by atoms with Crippen molar-refractivity contribution in [1.82, 2.24) is 4.90 Å². The van der Waals surface area contributed by atoms with E-state index in [2.05, 4.69) is 45.2 Å². The highest BCUT2D eigenvalue weighted by molar-refractivity contribution is 7.80. The van der Waals surface area contributed by atoms with Gasteiger partial charge in [0, 0.05) is 22.0 Å². The van der Waals surface area contributed by atoms with Crippen LogP contribution in [0.5, 0.6) is 5.75 Å². The van der Waals surface area contributed by atoms with E-state index >= 15 is 0 Å². The summed E-state index contributed by atoms with van der Waals surface area (Å²) in [5.41, 5.74) is 0.978. The van der Waals surface area contributed by atoms with Gasteiger partial charge in [0.25, 0.3) is 0 Å². The van der Waals surface area contributed by atoms with E-state index in [1.165, 1.54) is 9.75 Å². The Labute approximate surface area is 168 Å². The van der Waals surface area contributed by atoms with Gasteiger partial charge in [-0.15, -0.1) is 22.7 Å². The summed E-state index contributed by atoms with van der Waals surface area (Å²) in [7, 11) is 0. The number of thiocarbonyl (C=S) groups is 1. The van der Waals surface area contributed by atoms with Gasteiger partial charge in [0.15, 0.2) is 5.11 Å². The lowest BCUT2D eigenvalue weighted by Gasteiger charge is -2.25. The second-order valence-corrected chi connectivity index (χ2v) is 8.17. The highest BCUT2D eigenvalue weighted by Crippen LogP contribution is 2.18. The molecule has 2 aromatic heterocycles. The molecule has 0 spiro atoms. The predicted molar refractivity (Wildman–Crippen MR) is 117 cm³/mol. The molecule has 0 radical (unpaired) electrons. The quantitative estimate of drug-likeness (QED) is 0.492. The van der Waals surface area contributed by atoms with Crippen LogP contribution in [0.25, 0.3) is 0 Å². The largest absolute Gasteiger partial charge is 0.494 e. The van der Waals surface area contributed by atoms with E-state index in [1.807, 2.05) is 31.2 Å². The van der Waals surface area contributed by atoms with Crippen LogP contribution < -0.4 is 10.1 Å². The maximum absolute atomic E-state index is 5.70. The molecule has 3 rings (SSSR count). The summed E-state index contributed by atoms with van der Waals surface area (Å²) in [6.45, 7) is 4.37. The first-order valence-electron chi connectivity index (χ1n) is 8.58. The zero-order valence-corrected chi connectivity index (χ0v) is 17.1. The number of nitrogens with one attached hydrogen (secondary N) is 1. The Balaban J connectivity index is 1.64. The van der Waals surface area contributed by atoms with Crippen molar-refractivity contribution in [3.8, 4) is 5.75 Å². The van der Waals surface area contributed by atoms with Gasteiger partial charge < -0.3 is 15.0 Å². The molecule has 3 nitrogen and oxygen atoms in total. The lowest BCUT2D eigenvalue weighted by atomic mass is 10.3. The third-order valence-corrected chi connectivity index (χ3v) is 6.00. The molecule has 0 aliphatic heterocycles. The summed E-state index contributed by atoms with van der Waals surface area (Å²) >= 11 is 9.26. The molecule has 0 aliphatic carbocycles. The van der Waals surface area contributed by atoms with Crippen molar-refractivity contribution in [3.05, 3.63) is 69.0 Å². The van der Waals surface area contributed by atoms with E-state index in [1.54, 1.807) is 22.7 Å². The third kappa shape index (κ3) is 5.56. The van der Waals surface area contributed by atoms with Crippen LogP contribution in [0.15, 0.2) is 59.3 Å². The number of hydrogen-bond donors (Lipinski definition) is 1. The summed E-state index contributed by atoms with van der Waals surface area (Å²) in [6.07, 6.45) is 0.994. The first kappa shape index (κ1) is 18.9. The molecular formula is C20H22N2OS3. The second-order valence-electron chi connectivity index (χ2n) is 5.72. The Morgan fingerprint density at radius 1 is 1.04 bits per heavy atom. The maximum Gasteiger partial charge on any atom is 0.173 e. The van der Waals surface area contributed by atoms with Gasteiger partial charge in [-0.1, -0.05) is 12.1 Å². The van der Waals surface area contributed by atoms with Crippen LogP contribution in [-0.4, -0.2) is 23.2 Å². The molecule has 1 N–H and O–H groups in total. The van der Waals surface area contributed by atoms with Crippen LogP contribution in [0.3, 0.4) is 0 Å². The summed E-state index contributed by atoms with van der Waals surface area (Å²) in [5.74, 6) is 0.872. The molecule has 136 valence electrons. The van der Waals surface area contributed by atoms with Crippen molar-refractivity contribution in [2.75, 3.05) is 18.5 Å². The molecule has 0 fully saturated rings. The molecule has 0 bridgehead atoms. The lowest BCUT2D eigenvalue weighted by molar-refractivity contribution is 0.340. The maximum atomic E-state index is 5.70. The summed E-state index contributed by atoms with van der Waals surface area (Å²) in [5, 5.41) is 8.34. The van der Waals surface area contributed by atoms with E-state index in [4.69, 9.17) is 17.0 Å². The van der Waals surface area contributed by atoms with Crippen molar-refractivity contribution < 1.29 is 4.74 Å². The summed E-state index contributed by atoms with van der Waals surface area (Å²) in [4.78, 5) is 4.93. The van der Waals surface area contributed by atoms with E-state index < -0.39 is 0 Å². The van der Waals surface area contributed by atoms with Crippen LogP contribution in [0.1, 0.15) is 16.7 Å². The van der Waals surface area contributed by atoms with Gasteiger partial charge in [0.2, 0.25) is 0 Å². The number of ether oxygens (including phenoxy) is 1. The van der Waals surface area contributed by atoms with Crippen LogP contribution >= 0.6 is 34.9 Å². The standard InChI is InChI=1S/C20H22N2OS3/c1-2-23-17-9-7-16(8-10-17)21-20(24)22(15-19-6-4-14-26-19)12-11-18-5-3-13-25-18/h3-10,13-14H,2,11-12,15H2,1H3,(H,21,24). The van der Waals surface area contributed by atoms with Crippen LogP contribution in [0.4, 0.5) is 5.69 Å². The van der Waals surface area contributed by atoms with Crippen molar-refractivity contribution in [1.29, 1.82) is 0 Å². The van der Waals surface area contributed by atoms with Crippen molar-refractivity contribution in [3.63, 3.8) is 0 Å². The van der Waals surface area contributed by atoms with Crippen LogP contribution in [-0.2, 0) is 13.0 Å². The molecule has 3 aromatic rings. The molecule has 0 aliphatic rings. The lowest BCUT2D eigenvalue weighted by Crippen LogP contribution is -2.35. The molecule has 0 atom stereocenters. The molecule has 6 heteroatoms. The number of anilines is 1. The normalized spacial score (nSPS) is 10.5. The molecule has 0 unspecified atom stereocenters. The topological polar surface area (TPSA) is 24.5 Å². The average molecular weight is 403 g/mol. The fourth-order valence-electron chi connectivity index (χ4n) is 2.55. The SMILES string of the molecule is CCOc1ccc(NC(=S)N(CCc2cccs2)Cc2cccs2)cc1. The van der Waals surface area contributed by atoms with E-state index in [0.717, 1.165) is 36.1 Å². The minimum Gasteiger partial charge on any atom is -0.494 e. The van der Waals surface area contributed by atoms with Gasteiger partial charge in [-0.2, -0.15) is 0 Å². The predicted octanol–water partition coefficient (Wildman–Crippen LogP) is 5.65. The Morgan fingerprint density at radius 3 is 2.35 bits per heavy atom. The minimum atomic E-state index is 0.669. The molecule has 26 heavy (non-hydrogen) atoms. The van der Waals surface area contributed by atoms with Gasteiger partial charge in [-0.3, -0.25) is 0 Å². The monoisotopic (exact) mass is 402 g/mol. The van der Waals surface area contributed by atoms with Gasteiger partial charge in [-0.05, 0) is 72.7 Å². The van der Waals surface area contributed by atoms with Crippen molar-refractivity contribution in [2.45, 2.75) is 19.9 Å². The van der Waals surface area contributed by atoms with E-state index in [0.29, 0.717) is 6.61 Å². The molecule has 0 amide bonds. The summed E-state index contributed by atoms with van der Waals surface area (Å²) < 4.78 is 5.49. The first-order chi connectivity index (χ1) is 12.7. The molecular weight excluding hydrogens is 380 g/mol. The summed E-state index contributed by atoms with van der Waals surface area (Å²) in [6, 6.07) is 16.4. The Hall–Kier alpha value is -1.89. The Bertz CT molecular complexity index is 783. The molecule has 0 saturated heterocycles. The first-order valence-corrected chi connectivity index (χ1v) is 10.7. The fraction of sp³-hybridized carbons (Fsp3) is 0.250. The van der Waals surface area contributed by atoms with E-state index in [9.17, 15) is 0 Å². The fourth-order valence-corrected chi connectivity index (χ4v) is 4.24. The zero-order valence-electron chi connectivity index (χ0n) is 14.7. The van der Waals surface area contributed by atoms with E-state index in [-0.39, 0.29) is 0 Å². The highest BCUT2D eigenvalue weighted by atomic mass is 32.1. The van der Waals surface area contributed by atoms with Gasteiger partial charge in [0.1, 0.15) is 5.75 Å². The molecule has 1 aromatic carbocycles. The number of benzene rings is 1. The van der Waals surface area contributed by atoms with Gasteiger partial charge in [-0.25, -0.2) is 0 Å². The number of nitrogens with zero attached hydrogens (tertiary/aromatic N) is 1. The Kier molecular flexibility index (Phi) is 7.05. The number of rotatable bonds is 8. The third-order valence-electron chi connectivity index (χ3n) is 3.84. The molecule has 2 heterocycles. The minimum absolute atomic E-state index is 0.669. The smallest absolute Gasteiger partial charge is 0.173 e. The van der Waals surface area contributed by atoms with Crippen LogP contribution in [0.2, 0.25) is 0 Å². The zero-order chi connectivity index (χ0) is 18.2.